The Hall–Kier alpha value is -2.34. The molecule has 28 heavy (non-hydrogen) atoms. The van der Waals surface area contributed by atoms with Gasteiger partial charge in [0.05, 0.1) is 17.4 Å². The number of hydrogen-bond acceptors (Lipinski definition) is 5. The van der Waals surface area contributed by atoms with E-state index in [0.29, 0.717) is 13.0 Å². The lowest BCUT2D eigenvalue weighted by atomic mass is 9.93. The Bertz CT molecular complexity index is 734. The molecule has 5 nitrogen and oxygen atoms in total. The zero-order valence-electron chi connectivity index (χ0n) is 16.2. The van der Waals surface area contributed by atoms with Crippen LogP contribution in [0, 0.1) is 10.1 Å². The number of carbonyl (C=O) groups is 1. The van der Waals surface area contributed by atoms with Gasteiger partial charge in [-0.25, -0.2) is 0 Å². The topological polar surface area (TPSA) is 69.4 Å². The van der Waals surface area contributed by atoms with Gasteiger partial charge < -0.3 is 4.74 Å². The van der Waals surface area contributed by atoms with Gasteiger partial charge in [-0.1, -0.05) is 49.6 Å². The molecule has 1 unspecified atom stereocenters. The van der Waals surface area contributed by atoms with E-state index < -0.39 is 4.92 Å². The third kappa shape index (κ3) is 7.35. The number of ether oxygens (including phenoxy) is 1. The minimum Gasteiger partial charge on any atom is -0.466 e. The van der Waals surface area contributed by atoms with Crippen LogP contribution in [0.2, 0.25) is 0 Å². The van der Waals surface area contributed by atoms with Crippen molar-refractivity contribution >= 4 is 23.4 Å². The molecule has 6 heteroatoms. The molecule has 0 fully saturated rings. The average Bonchev–Trinajstić information content (AvgIpc) is 2.71. The van der Waals surface area contributed by atoms with Crippen LogP contribution in [0.5, 0.6) is 0 Å². The van der Waals surface area contributed by atoms with Crippen molar-refractivity contribution in [3.8, 4) is 0 Å². The summed E-state index contributed by atoms with van der Waals surface area (Å²) in [7, 11) is 0. The molecule has 1 atom stereocenters. The summed E-state index contributed by atoms with van der Waals surface area (Å²) in [6.07, 6.45) is 4.94. The number of carbonyl (C=O) groups excluding carboxylic acids is 1. The Morgan fingerprint density at radius 2 is 1.71 bits per heavy atom. The molecule has 0 aromatic heterocycles. The van der Waals surface area contributed by atoms with Crippen LogP contribution in [0.3, 0.4) is 0 Å². The maximum Gasteiger partial charge on any atom is 0.313 e. The molecule has 2 aromatic rings. The van der Waals surface area contributed by atoms with E-state index in [4.69, 9.17) is 4.74 Å². The number of nitro benzene ring substituents is 1. The molecule has 0 saturated heterocycles. The summed E-state index contributed by atoms with van der Waals surface area (Å²) in [6.45, 7) is 2.12. The normalized spacial score (nSPS) is 11.8. The SMILES string of the molecule is CCOC(=O)C(CCCCCCSc1ccccc1)c1ccc([N+](=O)[O-])cc1. The van der Waals surface area contributed by atoms with Crippen molar-refractivity contribution in [2.75, 3.05) is 12.4 Å². The van der Waals surface area contributed by atoms with E-state index in [-0.39, 0.29) is 17.6 Å². The van der Waals surface area contributed by atoms with Crippen molar-refractivity contribution in [3.63, 3.8) is 0 Å². The number of nitro groups is 1. The van der Waals surface area contributed by atoms with E-state index in [1.54, 1.807) is 19.1 Å². The van der Waals surface area contributed by atoms with Crippen molar-refractivity contribution in [2.45, 2.75) is 49.8 Å². The van der Waals surface area contributed by atoms with Crippen LogP contribution in [0.25, 0.3) is 0 Å². The number of benzene rings is 2. The van der Waals surface area contributed by atoms with Crippen LogP contribution in [0.1, 0.15) is 50.5 Å². The lowest BCUT2D eigenvalue weighted by Crippen LogP contribution is -2.16. The van der Waals surface area contributed by atoms with Crippen LogP contribution >= 0.6 is 11.8 Å². The maximum atomic E-state index is 12.3. The number of non-ortho nitro benzene ring substituents is 1. The minimum absolute atomic E-state index is 0.0299. The van der Waals surface area contributed by atoms with Gasteiger partial charge in [-0.3, -0.25) is 14.9 Å². The standard InChI is InChI=1S/C22H27NO4S/c1-2-27-22(24)21(18-13-15-19(16-14-18)23(25)26)12-8-3-4-9-17-28-20-10-6-5-7-11-20/h5-7,10-11,13-16,21H,2-4,8-9,12,17H2,1H3. The average molecular weight is 402 g/mol. The highest BCUT2D eigenvalue weighted by molar-refractivity contribution is 7.99. The molecule has 2 aromatic carbocycles. The summed E-state index contributed by atoms with van der Waals surface area (Å²) in [5.41, 5.74) is 0.811. The molecule has 0 aliphatic heterocycles. The molecule has 0 heterocycles. The van der Waals surface area contributed by atoms with Crippen LogP contribution in [-0.2, 0) is 9.53 Å². The van der Waals surface area contributed by atoms with E-state index in [1.807, 2.05) is 17.8 Å². The monoisotopic (exact) mass is 401 g/mol. The Morgan fingerprint density at radius 3 is 2.36 bits per heavy atom. The summed E-state index contributed by atoms with van der Waals surface area (Å²) in [6, 6.07) is 16.6. The van der Waals surface area contributed by atoms with Gasteiger partial charge in [-0.05, 0) is 43.2 Å². The summed E-state index contributed by atoms with van der Waals surface area (Å²) < 4.78 is 5.20. The van der Waals surface area contributed by atoms with E-state index >= 15 is 0 Å². The molecule has 0 bridgehead atoms. The number of nitrogens with zero attached hydrogens (tertiary/aromatic N) is 1. The summed E-state index contributed by atoms with van der Waals surface area (Å²) in [4.78, 5) is 24.0. The molecule has 0 amide bonds. The van der Waals surface area contributed by atoms with Crippen LogP contribution in [-0.4, -0.2) is 23.3 Å². The largest absolute Gasteiger partial charge is 0.466 e. The van der Waals surface area contributed by atoms with E-state index in [0.717, 1.165) is 37.0 Å². The molecule has 2 rings (SSSR count). The first-order chi connectivity index (χ1) is 13.6. The maximum absolute atomic E-state index is 12.3. The predicted octanol–water partition coefficient (Wildman–Crippen LogP) is 5.98. The van der Waals surface area contributed by atoms with Crippen molar-refractivity contribution in [1.82, 2.24) is 0 Å². The fourth-order valence-electron chi connectivity index (χ4n) is 3.00. The number of unbranched alkanes of at least 4 members (excludes halogenated alkanes) is 3. The highest BCUT2D eigenvalue weighted by Gasteiger charge is 2.22. The van der Waals surface area contributed by atoms with Crippen LogP contribution in [0.15, 0.2) is 59.5 Å². The second kappa shape index (κ2) is 12.2. The number of hydrogen-bond donors (Lipinski definition) is 0. The Kier molecular flexibility index (Phi) is 9.55. The highest BCUT2D eigenvalue weighted by atomic mass is 32.2. The molecule has 0 aliphatic carbocycles. The van der Waals surface area contributed by atoms with Crippen molar-refractivity contribution in [2.24, 2.45) is 0 Å². The van der Waals surface area contributed by atoms with Gasteiger partial charge in [0.2, 0.25) is 0 Å². The van der Waals surface area contributed by atoms with Crippen LogP contribution in [0.4, 0.5) is 5.69 Å². The third-order valence-corrected chi connectivity index (χ3v) is 5.57. The summed E-state index contributed by atoms with van der Waals surface area (Å²) in [5, 5.41) is 10.8. The first kappa shape index (κ1) is 22.0. The molecule has 150 valence electrons. The Morgan fingerprint density at radius 1 is 1.04 bits per heavy atom. The zero-order valence-corrected chi connectivity index (χ0v) is 17.0. The minimum atomic E-state index is -0.434. The van der Waals surface area contributed by atoms with E-state index in [9.17, 15) is 14.9 Å². The number of thioether (sulfide) groups is 1. The second-order valence-corrected chi connectivity index (χ2v) is 7.69. The summed E-state index contributed by atoms with van der Waals surface area (Å²) >= 11 is 1.87. The van der Waals surface area contributed by atoms with E-state index in [1.165, 1.54) is 17.0 Å². The molecular weight excluding hydrogens is 374 g/mol. The Labute approximate surface area is 170 Å². The first-order valence-electron chi connectivity index (χ1n) is 9.70. The van der Waals surface area contributed by atoms with Gasteiger partial charge in [0.1, 0.15) is 0 Å². The van der Waals surface area contributed by atoms with Gasteiger partial charge in [0.25, 0.3) is 5.69 Å². The molecule has 0 radical (unpaired) electrons. The molecule has 0 aliphatic rings. The van der Waals surface area contributed by atoms with E-state index in [2.05, 4.69) is 24.3 Å². The van der Waals surface area contributed by atoms with Crippen molar-refractivity contribution < 1.29 is 14.5 Å². The smallest absolute Gasteiger partial charge is 0.313 e. The van der Waals surface area contributed by atoms with Gasteiger partial charge in [-0.2, -0.15) is 0 Å². The lowest BCUT2D eigenvalue weighted by molar-refractivity contribution is -0.384. The first-order valence-corrected chi connectivity index (χ1v) is 10.7. The van der Waals surface area contributed by atoms with Gasteiger partial charge in [0, 0.05) is 17.0 Å². The van der Waals surface area contributed by atoms with Gasteiger partial charge in [0.15, 0.2) is 0 Å². The van der Waals surface area contributed by atoms with Crippen molar-refractivity contribution in [3.05, 3.63) is 70.3 Å². The molecule has 0 spiro atoms. The predicted molar refractivity (Wildman–Crippen MR) is 113 cm³/mol. The quantitative estimate of drug-likeness (QED) is 0.144. The molecule has 0 saturated carbocycles. The highest BCUT2D eigenvalue weighted by Crippen LogP contribution is 2.27. The lowest BCUT2D eigenvalue weighted by Gasteiger charge is -2.16. The fraction of sp³-hybridized carbons (Fsp3) is 0.409. The molecular formula is C22H27NO4S. The fourth-order valence-corrected chi connectivity index (χ4v) is 3.94. The van der Waals surface area contributed by atoms with Crippen LogP contribution < -0.4 is 0 Å². The Balaban J connectivity index is 1.77. The van der Waals surface area contributed by atoms with Crippen molar-refractivity contribution in [1.29, 1.82) is 0 Å². The summed E-state index contributed by atoms with van der Waals surface area (Å²) in [5.74, 6) is 0.476. The van der Waals surface area contributed by atoms with Gasteiger partial charge >= 0.3 is 5.97 Å². The third-order valence-electron chi connectivity index (χ3n) is 4.48. The number of esters is 1. The molecule has 0 N–H and O–H groups in total. The van der Waals surface area contributed by atoms with Gasteiger partial charge in [-0.15, -0.1) is 11.8 Å². The second-order valence-electron chi connectivity index (χ2n) is 6.52. The zero-order chi connectivity index (χ0) is 20.2. The number of rotatable bonds is 12.